The van der Waals surface area contributed by atoms with Crippen LogP contribution in [-0.2, 0) is 6.54 Å². The molecule has 1 unspecified atom stereocenters. The number of amides is 1. The number of nitrogens with zero attached hydrogens (tertiary/aromatic N) is 3. The van der Waals surface area contributed by atoms with Gasteiger partial charge in [0.05, 0.1) is 5.39 Å². The summed E-state index contributed by atoms with van der Waals surface area (Å²) in [5.41, 5.74) is 5.78. The van der Waals surface area contributed by atoms with Crippen LogP contribution in [0.3, 0.4) is 0 Å². The first-order valence-corrected chi connectivity index (χ1v) is 7.83. The van der Waals surface area contributed by atoms with Gasteiger partial charge in [0.25, 0.3) is 11.5 Å². The molecule has 23 heavy (non-hydrogen) atoms. The van der Waals surface area contributed by atoms with Gasteiger partial charge in [-0.05, 0) is 18.9 Å². The van der Waals surface area contributed by atoms with Crippen LogP contribution in [0.1, 0.15) is 31.3 Å². The normalized spacial score (nSPS) is 12.6. The van der Waals surface area contributed by atoms with Crippen LogP contribution < -0.4 is 11.3 Å². The van der Waals surface area contributed by atoms with Crippen LogP contribution >= 0.6 is 0 Å². The molecule has 2 rings (SSSR count). The molecule has 1 aromatic heterocycles. The van der Waals surface area contributed by atoms with E-state index >= 15 is 0 Å². The summed E-state index contributed by atoms with van der Waals surface area (Å²) in [6.07, 6.45) is 0. The average Bonchev–Trinajstić information content (AvgIpc) is 2.55. The SMILES string of the molecule is CC(C)Cn1nc(C(=O)N(C)C(C)CN)c2ccccc2c1=O. The van der Waals surface area contributed by atoms with Gasteiger partial charge >= 0.3 is 0 Å². The molecule has 0 aliphatic carbocycles. The van der Waals surface area contributed by atoms with Crippen LogP contribution in [0.4, 0.5) is 0 Å². The molecule has 6 nitrogen and oxygen atoms in total. The topological polar surface area (TPSA) is 81.2 Å². The summed E-state index contributed by atoms with van der Waals surface area (Å²) in [4.78, 5) is 26.9. The predicted octanol–water partition coefficient (Wildman–Crippen LogP) is 1.47. The third kappa shape index (κ3) is 3.42. The van der Waals surface area contributed by atoms with Crippen molar-refractivity contribution in [2.75, 3.05) is 13.6 Å². The predicted molar refractivity (Wildman–Crippen MR) is 91.5 cm³/mol. The van der Waals surface area contributed by atoms with Gasteiger partial charge < -0.3 is 10.6 Å². The Morgan fingerprint density at radius 3 is 2.43 bits per heavy atom. The van der Waals surface area contributed by atoms with Crippen LogP contribution in [0.15, 0.2) is 29.1 Å². The molecule has 0 radical (unpaired) electrons. The lowest BCUT2D eigenvalue weighted by molar-refractivity contribution is 0.0741. The highest BCUT2D eigenvalue weighted by atomic mass is 16.2. The molecule has 1 aromatic carbocycles. The first-order chi connectivity index (χ1) is 10.9. The summed E-state index contributed by atoms with van der Waals surface area (Å²) < 4.78 is 1.39. The van der Waals surface area contributed by atoms with Crippen molar-refractivity contribution < 1.29 is 4.79 Å². The Labute approximate surface area is 135 Å². The molecule has 0 spiro atoms. The fourth-order valence-corrected chi connectivity index (χ4v) is 2.39. The fraction of sp³-hybridized carbons (Fsp3) is 0.471. The zero-order chi connectivity index (χ0) is 17.1. The van der Waals surface area contributed by atoms with Crippen LogP contribution in [0.5, 0.6) is 0 Å². The molecule has 0 aliphatic rings. The van der Waals surface area contributed by atoms with Gasteiger partial charge in [-0.2, -0.15) is 5.10 Å². The molecule has 0 saturated carbocycles. The van der Waals surface area contributed by atoms with Gasteiger partial charge in [0.1, 0.15) is 0 Å². The standard InChI is InChI=1S/C17H24N4O2/c1-11(2)10-21-16(22)14-8-6-5-7-13(14)15(19-21)17(23)20(4)12(3)9-18/h5-8,11-12H,9-10,18H2,1-4H3. The number of hydrogen-bond acceptors (Lipinski definition) is 4. The van der Waals surface area contributed by atoms with Crippen LogP contribution in [0, 0.1) is 5.92 Å². The summed E-state index contributed by atoms with van der Waals surface area (Å²) in [5, 5.41) is 5.45. The van der Waals surface area contributed by atoms with E-state index in [1.54, 1.807) is 36.2 Å². The number of carbonyl (C=O) groups excluding carboxylic acids is 1. The van der Waals surface area contributed by atoms with Gasteiger partial charge in [-0.15, -0.1) is 0 Å². The van der Waals surface area contributed by atoms with Crippen molar-refractivity contribution in [2.24, 2.45) is 11.7 Å². The lowest BCUT2D eigenvalue weighted by Gasteiger charge is -2.24. The van der Waals surface area contributed by atoms with E-state index in [4.69, 9.17) is 5.73 Å². The molecule has 0 bridgehead atoms. The van der Waals surface area contributed by atoms with E-state index in [1.165, 1.54) is 4.68 Å². The zero-order valence-corrected chi connectivity index (χ0v) is 14.1. The Morgan fingerprint density at radius 2 is 1.87 bits per heavy atom. The van der Waals surface area contributed by atoms with Crippen molar-refractivity contribution in [3.8, 4) is 0 Å². The lowest BCUT2D eigenvalue weighted by Crippen LogP contribution is -2.41. The highest BCUT2D eigenvalue weighted by Gasteiger charge is 2.22. The van der Waals surface area contributed by atoms with Crippen LogP contribution in [0.2, 0.25) is 0 Å². The number of hydrogen-bond donors (Lipinski definition) is 1. The van der Waals surface area contributed by atoms with Crippen molar-refractivity contribution in [1.82, 2.24) is 14.7 Å². The van der Waals surface area contributed by atoms with Crippen molar-refractivity contribution in [1.29, 1.82) is 0 Å². The minimum absolute atomic E-state index is 0.103. The van der Waals surface area contributed by atoms with Gasteiger partial charge in [-0.1, -0.05) is 32.0 Å². The number of fused-ring (bicyclic) bond motifs is 1. The van der Waals surface area contributed by atoms with Crippen LogP contribution in [0.25, 0.3) is 10.8 Å². The molecule has 1 atom stereocenters. The van der Waals surface area contributed by atoms with Crippen molar-refractivity contribution in [2.45, 2.75) is 33.4 Å². The largest absolute Gasteiger partial charge is 0.336 e. The minimum Gasteiger partial charge on any atom is -0.336 e. The van der Waals surface area contributed by atoms with Gasteiger partial charge in [-0.25, -0.2) is 4.68 Å². The maximum absolute atomic E-state index is 12.8. The van der Waals surface area contributed by atoms with E-state index in [1.807, 2.05) is 20.8 Å². The van der Waals surface area contributed by atoms with Crippen molar-refractivity contribution >= 4 is 16.7 Å². The second-order valence-corrected chi connectivity index (χ2v) is 6.28. The quantitative estimate of drug-likeness (QED) is 0.906. The third-order valence-corrected chi connectivity index (χ3v) is 3.93. The van der Waals surface area contributed by atoms with Gasteiger partial charge in [0.2, 0.25) is 0 Å². The Bertz CT molecular complexity index is 767. The zero-order valence-electron chi connectivity index (χ0n) is 14.1. The van der Waals surface area contributed by atoms with E-state index in [0.717, 1.165) is 0 Å². The Balaban J connectivity index is 2.64. The summed E-state index contributed by atoms with van der Waals surface area (Å²) in [6, 6.07) is 6.99. The first-order valence-electron chi connectivity index (χ1n) is 7.83. The Kier molecular flexibility index (Phi) is 5.15. The van der Waals surface area contributed by atoms with Gasteiger partial charge in [0.15, 0.2) is 5.69 Å². The first kappa shape index (κ1) is 17.1. The minimum atomic E-state index is -0.225. The number of aromatic nitrogens is 2. The maximum Gasteiger partial charge on any atom is 0.274 e. The van der Waals surface area contributed by atoms with E-state index in [-0.39, 0.29) is 23.4 Å². The molecule has 2 N–H and O–H groups in total. The summed E-state index contributed by atoms with van der Waals surface area (Å²) >= 11 is 0. The van der Waals surface area contributed by atoms with Gasteiger partial charge in [0, 0.05) is 31.6 Å². The molecule has 0 aliphatic heterocycles. The third-order valence-electron chi connectivity index (χ3n) is 3.93. The molecule has 0 fully saturated rings. The Morgan fingerprint density at radius 1 is 1.26 bits per heavy atom. The monoisotopic (exact) mass is 316 g/mol. The molecular weight excluding hydrogens is 292 g/mol. The number of rotatable bonds is 5. The number of benzene rings is 1. The molecule has 1 amide bonds. The molecule has 0 saturated heterocycles. The Hall–Kier alpha value is -2.21. The average molecular weight is 316 g/mol. The number of carbonyl (C=O) groups is 1. The molecule has 6 heteroatoms. The maximum atomic E-state index is 12.8. The number of likely N-dealkylation sites (N-methyl/N-ethyl adjacent to an activating group) is 1. The van der Waals surface area contributed by atoms with Crippen molar-refractivity contribution in [3.63, 3.8) is 0 Å². The highest BCUT2D eigenvalue weighted by Crippen LogP contribution is 2.16. The number of nitrogens with two attached hydrogens (primary N) is 1. The highest BCUT2D eigenvalue weighted by molar-refractivity contribution is 6.04. The lowest BCUT2D eigenvalue weighted by atomic mass is 10.1. The van der Waals surface area contributed by atoms with Crippen LogP contribution in [-0.4, -0.2) is 40.2 Å². The van der Waals surface area contributed by atoms with E-state index in [9.17, 15) is 9.59 Å². The molecular formula is C17H24N4O2. The second-order valence-electron chi connectivity index (χ2n) is 6.28. The fourth-order valence-electron chi connectivity index (χ4n) is 2.39. The summed E-state index contributed by atoms with van der Waals surface area (Å²) in [7, 11) is 1.70. The van der Waals surface area contributed by atoms with Gasteiger partial charge in [-0.3, -0.25) is 9.59 Å². The molecule has 124 valence electrons. The molecule has 2 aromatic rings. The second kappa shape index (κ2) is 6.91. The smallest absolute Gasteiger partial charge is 0.274 e. The van der Waals surface area contributed by atoms with Crippen molar-refractivity contribution in [3.05, 3.63) is 40.3 Å². The van der Waals surface area contributed by atoms with E-state index in [2.05, 4.69) is 5.10 Å². The van der Waals surface area contributed by atoms with E-state index in [0.29, 0.717) is 29.6 Å². The molecule has 1 heterocycles. The summed E-state index contributed by atoms with van der Waals surface area (Å²) in [6.45, 7) is 6.73. The van der Waals surface area contributed by atoms with E-state index < -0.39 is 0 Å². The summed E-state index contributed by atoms with van der Waals surface area (Å²) in [5.74, 6) is 0.0293.